The molecule has 9 heteroatoms. The lowest BCUT2D eigenvalue weighted by Crippen LogP contribution is -2.63. The number of benzene rings is 2. The summed E-state index contributed by atoms with van der Waals surface area (Å²) in [5, 5.41) is 0. The SMILES string of the molecule is NCC(F)(F)C(=O)C(N)(Cc1ccc(N=C(N)N)cc1)C(=O)c1ccccc1. The molecule has 0 saturated heterocycles. The fraction of sp³-hybridized carbons (Fsp3) is 0.211. The molecule has 0 aromatic heterocycles. The van der Waals surface area contributed by atoms with Gasteiger partial charge in [0.15, 0.2) is 11.7 Å². The molecule has 0 spiro atoms. The first-order valence-corrected chi connectivity index (χ1v) is 8.30. The molecule has 1 unspecified atom stereocenters. The van der Waals surface area contributed by atoms with Crippen LogP contribution in [0.3, 0.4) is 0 Å². The number of guanidine groups is 1. The first kappa shape index (κ1) is 21.1. The second-order valence-corrected chi connectivity index (χ2v) is 6.28. The summed E-state index contributed by atoms with van der Waals surface area (Å²) in [6, 6.07) is 13.5. The highest BCUT2D eigenvalue weighted by Gasteiger charge is 2.53. The number of aliphatic imine (C=N–C) groups is 1. The van der Waals surface area contributed by atoms with Crippen LogP contribution in [0.25, 0.3) is 0 Å². The normalized spacial score (nSPS) is 13.4. The Hall–Kier alpha value is -3.17. The summed E-state index contributed by atoms with van der Waals surface area (Å²) < 4.78 is 28.2. The maximum atomic E-state index is 14.1. The monoisotopic (exact) mass is 389 g/mol. The van der Waals surface area contributed by atoms with E-state index in [1.54, 1.807) is 18.2 Å². The van der Waals surface area contributed by atoms with Gasteiger partial charge in [-0.25, -0.2) is 4.99 Å². The third-order valence-electron chi connectivity index (χ3n) is 4.11. The second-order valence-electron chi connectivity index (χ2n) is 6.28. The van der Waals surface area contributed by atoms with E-state index in [1.807, 2.05) is 0 Å². The highest BCUT2D eigenvalue weighted by Crippen LogP contribution is 2.27. The number of halogens is 2. The second kappa shape index (κ2) is 8.24. The average Bonchev–Trinajstić information content (AvgIpc) is 2.68. The van der Waals surface area contributed by atoms with E-state index in [0.29, 0.717) is 11.3 Å². The number of nitrogens with two attached hydrogens (primary N) is 4. The molecule has 0 amide bonds. The smallest absolute Gasteiger partial charge is 0.319 e. The molecule has 148 valence electrons. The Morgan fingerprint density at radius 2 is 1.54 bits per heavy atom. The van der Waals surface area contributed by atoms with Gasteiger partial charge in [0.25, 0.3) is 0 Å². The molecule has 0 aliphatic carbocycles. The van der Waals surface area contributed by atoms with Crippen LogP contribution in [0.1, 0.15) is 15.9 Å². The summed E-state index contributed by atoms with van der Waals surface area (Å²) in [6.45, 7) is -1.25. The fourth-order valence-corrected chi connectivity index (χ4v) is 2.69. The summed E-state index contributed by atoms with van der Waals surface area (Å²) in [5.74, 6) is -6.75. The molecule has 0 saturated carbocycles. The largest absolute Gasteiger partial charge is 0.370 e. The molecule has 2 rings (SSSR count). The summed E-state index contributed by atoms with van der Waals surface area (Å²) in [6.07, 6.45) is -0.447. The van der Waals surface area contributed by atoms with Crippen LogP contribution in [-0.4, -0.2) is 35.5 Å². The molecule has 0 heterocycles. The van der Waals surface area contributed by atoms with Gasteiger partial charge >= 0.3 is 5.92 Å². The van der Waals surface area contributed by atoms with Gasteiger partial charge in [-0.3, -0.25) is 9.59 Å². The zero-order valence-electron chi connectivity index (χ0n) is 14.9. The minimum absolute atomic E-state index is 0.0447. The van der Waals surface area contributed by atoms with Crippen LogP contribution in [-0.2, 0) is 11.2 Å². The van der Waals surface area contributed by atoms with E-state index < -0.39 is 36.0 Å². The highest BCUT2D eigenvalue weighted by atomic mass is 19.3. The van der Waals surface area contributed by atoms with Gasteiger partial charge in [-0.2, -0.15) is 8.78 Å². The van der Waals surface area contributed by atoms with E-state index in [2.05, 4.69) is 4.99 Å². The predicted octanol–water partition coefficient (Wildman–Crippen LogP) is 0.878. The van der Waals surface area contributed by atoms with Crippen molar-refractivity contribution in [3.05, 3.63) is 65.7 Å². The maximum absolute atomic E-state index is 14.1. The quantitative estimate of drug-likeness (QED) is 0.228. The minimum atomic E-state index is -3.95. The Bertz CT molecular complexity index is 881. The van der Waals surface area contributed by atoms with E-state index in [9.17, 15) is 18.4 Å². The standard InChI is InChI=1S/C19H21F2N5O2/c20-19(21,11-22)16(28)18(25,15(27)13-4-2-1-3-5-13)10-12-6-8-14(9-7-12)26-17(23)24/h1-9H,10-11,22,25H2,(H4,23,24,26). The summed E-state index contributed by atoms with van der Waals surface area (Å²) in [7, 11) is 0. The van der Waals surface area contributed by atoms with Crippen molar-refractivity contribution < 1.29 is 18.4 Å². The van der Waals surface area contributed by atoms with Crippen LogP contribution in [0.2, 0.25) is 0 Å². The van der Waals surface area contributed by atoms with Crippen LogP contribution in [0, 0.1) is 0 Å². The summed E-state index contributed by atoms with van der Waals surface area (Å²) >= 11 is 0. The molecular formula is C19H21F2N5O2. The summed E-state index contributed by atoms with van der Waals surface area (Å²) in [5.41, 5.74) is 20.0. The molecule has 0 radical (unpaired) electrons. The third kappa shape index (κ3) is 4.56. The number of carbonyl (C=O) groups excluding carboxylic acids is 2. The molecule has 0 bridgehead atoms. The fourth-order valence-electron chi connectivity index (χ4n) is 2.69. The molecule has 0 aliphatic heterocycles. The number of hydrogen-bond donors (Lipinski definition) is 4. The molecular weight excluding hydrogens is 368 g/mol. The van der Waals surface area contributed by atoms with Gasteiger partial charge in [0.05, 0.1) is 12.2 Å². The zero-order chi connectivity index (χ0) is 20.9. The van der Waals surface area contributed by atoms with Gasteiger partial charge in [0.2, 0.25) is 5.78 Å². The number of carbonyl (C=O) groups is 2. The third-order valence-corrected chi connectivity index (χ3v) is 4.11. The average molecular weight is 389 g/mol. The molecule has 28 heavy (non-hydrogen) atoms. The van der Waals surface area contributed by atoms with Crippen molar-refractivity contribution in [3.8, 4) is 0 Å². The van der Waals surface area contributed by atoms with E-state index in [0.717, 1.165) is 0 Å². The molecule has 7 nitrogen and oxygen atoms in total. The Morgan fingerprint density at radius 1 is 0.964 bits per heavy atom. The van der Waals surface area contributed by atoms with Crippen LogP contribution in [0.15, 0.2) is 59.6 Å². The Morgan fingerprint density at radius 3 is 2.04 bits per heavy atom. The Balaban J connectivity index is 2.45. The molecule has 2 aromatic carbocycles. The van der Waals surface area contributed by atoms with Gasteiger partial charge in [0.1, 0.15) is 5.54 Å². The number of nitrogens with zero attached hydrogens (tertiary/aromatic N) is 1. The van der Waals surface area contributed by atoms with E-state index in [4.69, 9.17) is 22.9 Å². The maximum Gasteiger partial charge on any atom is 0.319 e. The summed E-state index contributed by atoms with van der Waals surface area (Å²) in [4.78, 5) is 29.3. The van der Waals surface area contributed by atoms with Crippen LogP contribution < -0.4 is 22.9 Å². The van der Waals surface area contributed by atoms with E-state index >= 15 is 0 Å². The Labute approximate surface area is 160 Å². The van der Waals surface area contributed by atoms with Crippen molar-refractivity contribution in [2.45, 2.75) is 17.9 Å². The number of ketones is 2. The number of alkyl halides is 2. The van der Waals surface area contributed by atoms with Crippen LogP contribution in [0.4, 0.5) is 14.5 Å². The number of rotatable bonds is 8. The Kier molecular flexibility index (Phi) is 6.22. The van der Waals surface area contributed by atoms with Crippen molar-refractivity contribution in [1.82, 2.24) is 0 Å². The number of hydrogen-bond acceptors (Lipinski definition) is 5. The lowest BCUT2D eigenvalue weighted by Gasteiger charge is -2.30. The topological polar surface area (TPSA) is 151 Å². The van der Waals surface area contributed by atoms with Crippen molar-refractivity contribution in [1.29, 1.82) is 0 Å². The van der Waals surface area contributed by atoms with Gasteiger partial charge < -0.3 is 22.9 Å². The van der Waals surface area contributed by atoms with Crippen molar-refractivity contribution in [2.75, 3.05) is 6.54 Å². The number of Topliss-reactive ketones (excluding diaryl/α,β-unsaturated/α-hetero) is 2. The van der Waals surface area contributed by atoms with Gasteiger partial charge in [-0.05, 0) is 17.7 Å². The lowest BCUT2D eigenvalue weighted by molar-refractivity contribution is -0.145. The molecule has 8 N–H and O–H groups in total. The van der Waals surface area contributed by atoms with Gasteiger partial charge in [0, 0.05) is 12.0 Å². The van der Waals surface area contributed by atoms with E-state index in [1.165, 1.54) is 36.4 Å². The molecule has 0 fully saturated rings. The van der Waals surface area contributed by atoms with Crippen LogP contribution >= 0.6 is 0 Å². The lowest BCUT2D eigenvalue weighted by atomic mass is 9.78. The highest BCUT2D eigenvalue weighted by molar-refractivity contribution is 6.20. The first-order valence-electron chi connectivity index (χ1n) is 8.30. The molecule has 1 atom stereocenters. The van der Waals surface area contributed by atoms with Crippen molar-refractivity contribution >= 4 is 23.2 Å². The first-order chi connectivity index (χ1) is 13.1. The van der Waals surface area contributed by atoms with Gasteiger partial charge in [-0.1, -0.05) is 42.5 Å². The van der Waals surface area contributed by atoms with Crippen molar-refractivity contribution in [3.63, 3.8) is 0 Å². The zero-order valence-corrected chi connectivity index (χ0v) is 14.9. The molecule has 0 aliphatic rings. The van der Waals surface area contributed by atoms with Gasteiger partial charge in [-0.15, -0.1) is 0 Å². The predicted molar refractivity (Wildman–Crippen MR) is 102 cm³/mol. The van der Waals surface area contributed by atoms with Crippen molar-refractivity contribution in [2.24, 2.45) is 27.9 Å². The molecule has 2 aromatic rings. The minimum Gasteiger partial charge on any atom is -0.370 e. The van der Waals surface area contributed by atoms with Crippen LogP contribution in [0.5, 0.6) is 0 Å². The van der Waals surface area contributed by atoms with E-state index in [-0.39, 0.29) is 11.5 Å².